The first kappa shape index (κ1) is 12.1. The highest BCUT2D eigenvalue weighted by atomic mass is 35.5. The van der Waals surface area contributed by atoms with Crippen LogP contribution in [0.5, 0.6) is 0 Å². The predicted octanol–water partition coefficient (Wildman–Crippen LogP) is 1.09. The molecule has 0 aliphatic carbocycles. The van der Waals surface area contributed by atoms with Gasteiger partial charge >= 0.3 is 0 Å². The predicted molar refractivity (Wildman–Crippen MR) is 66.0 cm³/mol. The number of hydrogen-bond donors (Lipinski definition) is 1. The lowest BCUT2D eigenvalue weighted by Gasteiger charge is -2.23. The van der Waals surface area contributed by atoms with Crippen LogP contribution in [0.2, 0.25) is 5.15 Å². The molecule has 1 aromatic rings. The average Bonchev–Trinajstić information content (AvgIpc) is 2.72. The van der Waals surface area contributed by atoms with Crippen LogP contribution in [0, 0.1) is 5.41 Å². The quantitative estimate of drug-likeness (QED) is 0.859. The van der Waals surface area contributed by atoms with Gasteiger partial charge in [0.1, 0.15) is 0 Å². The molecular weight excluding hydrogens is 240 g/mol. The molecule has 1 amide bonds. The standard InChI is InChI=1S/C11H15ClN4O/c1-11(10(17)13-2)3-6-16(7-11)9-8(12)14-4-5-15-9/h4-5H,3,6-7H2,1-2H3,(H,13,17). The van der Waals surface area contributed by atoms with Crippen molar-refractivity contribution in [3.63, 3.8) is 0 Å². The van der Waals surface area contributed by atoms with Crippen LogP contribution < -0.4 is 10.2 Å². The van der Waals surface area contributed by atoms with Crippen molar-refractivity contribution in [2.75, 3.05) is 25.0 Å². The van der Waals surface area contributed by atoms with Gasteiger partial charge in [-0.2, -0.15) is 0 Å². The van der Waals surface area contributed by atoms with Crippen molar-refractivity contribution in [2.24, 2.45) is 5.41 Å². The van der Waals surface area contributed by atoms with Gasteiger partial charge in [0.05, 0.1) is 5.41 Å². The molecule has 5 nitrogen and oxygen atoms in total. The molecule has 0 bridgehead atoms. The van der Waals surface area contributed by atoms with Gasteiger partial charge in [0.15, 0.2) is 11.0 Å². The SMILES string of the molecule is CNC(=O)C1(C)CCN(c2nccnc2Cl)C1. The van der Waals surface area contributed by atoms with Crippen LogP contribution in [-0.4, -0.2) is 36.0 Å². The maximum atomic E-state index is 11.8. The van der Waals surface area contributed by atoms with Crippen molar-refractivity contribution in [3.8, 4) is 0 Å². The fourth-order valence-corrected chi connectivity index (χ4v) is 2.38. The average molecular weight is 255 g/mol. The van der Waals surface area contributed by atoms with Gasteiger partial charge in [-0.3, -0.25) is 4.79 Å². The molecule has 0 aromatic carbocycles. The zero-order chi connectivity index (χ0) is 12.5. The van der Waals surface area contributed by atoms with E-state index in [0.717, 1.165) is 13.0 Å². The molecule has 2 heterocycles. The van der Waals surface area contributed by atoms with Crippen LogP contribution in [-0.2, 0) is 4.79 Å². The second kappa shape index (κ2) is 4.49. The summed E-state index contributed by atoms with van der Waals surface area (Å²) in [4.78, 5) is 22.0. The van der Waals surface area contributed by atoms with Crippen LogP contribution in [0.4, 0.5) is 5.82 Å². The summed E-state index contributed by atoms with van der Waals surface area (Å²) in [7, 11) is 1.66. The van der Waals surface area contributed by atoms with Crippen molar-refractivity contribution in [1.29, 1.82) is 0 Å². The summed E-state index contributed by atoms with van der Waals surface area (Å²) in [5, 5.41) is 3.08. The van der Waals surface area contributed by atoms with Crippen LogP contribution in [0.1, 0.15) is 13.3 Å². The Hall–Kier alpha value is -1.36. The first-order valence-corrected chi connectivity index (χ1v) is 5.88. The zero-order valence-electron chi connectivity index (χ0n) is 9.90. The van der Waals surface area contributed by atoms with E-state index < -0.39 is 0 Å². The van der Waals surface area contributed by atoms with E-state index >= 15 is 0 Å². The molecule has 0 radical (unpaired) electrons. The van der Waals surface area contributed by atoms with Gasteiger partial charge in [-0.15, -0.1) is 0 Å². The van der Waals surface area contributed by atoms with Gasteiger partial charge in [0.2, 0.25) is 5.91 Å². The Labute approximate surface area is 105 Å². The fraction of sp³-hybridized carbons (Fsp3) is 0.545. The van der Waals surface area contributed by atoms with Crippen LogP contribution in [0.3, 0.4) is 0 Å². The second-order valence-corrected chi connectivity index (χ2v) is 4.84. The van der Waals surface area contributed by atoms with E-state index in [0.29, 0.717) is 17.5 Å². The van der Waals surface area contributed by atoms with E-state index in [-0.39, 0.29) is 11.3 Å². The van der Waals surface area contributed by atoms with Crippen molar-refractivity contribution in [2.45, 2.75) is 13.3 Å². The Balaban J connectivity index is 2.18. The molecule has 92 valence electrons. The monoisotopic (exact) mass is 254 g/mol. The number of rotatable bonds is 2. The summed E-state index contributed by atoms with van der Waals surface area (Å²) in [5.74, 6) is 0.710. The normalized spacial score (nSPS) is 23.8. The third kappa shape index (κ3) is 2.20. The Morgan fingerprint density at radius 2 is 2.24 bits per heavy atom. The van der Waals surface area contributed by atoms with E-state index in [2.05, 4.69) is 15.3 Å². The third-order valence-electron chi connectivity index (χ3n) is 3.18. The second-order valence-electron chi connectivity index (χ2n) is 4.48. The molecule has 1 fully saturated rings. The van der Waals surface area contributed by atoms with Gasteiger partial charge in [0.25, 0.3) is 0 Å². The number of halogens is 1. The lowest BCUT2D eigenvalue weighted by atomic mass is 9.89. The minimum absolute atomic E-state index is 0.0556. The topological polar surface area (TPSA) is 58.1 Å². The summed E-state index contributed by atoms with van der Waals surface area (Å²) >= 11 is 6.00. The van der Waals surface area contributed by atoms with E-state index in [1.165, 1.54) is 0 Å². The van der Waals surface area contributed by atoms with Crippen LogP contribution in [0.25, 0.3) is 0 Å². The third-order valence-corrected chi connectivity index (χ3v) is 3.45. The van der Waals surface area contributed by atoms with Crippen molar-refractivity contribution in [1.82, 2.24) is 15.3 Å². The van der Waals surface area contributed by atoms with E-state index in [4.69, 9.17) is 11.6 Å². The fourth-order valence-electron chi connectivity index (χ4n) is 2.15. The van der Waals surface area contributed by atoms with E-state index in [1.807, 2.05) is 11.8 Å². The van der Waals surface area contributed by atoms with Gasteiger partial charge < -0.3 is 10.2 Å². The minimum Gasteiger partial charge on any atom is -0.359 e. The first-order chi connectivity index (χ1) is 8.07. The highest BCUT2D eigenvalue weighted by Gasteiger charge is 2.40. The van der Waals surface area contributed by atoms with Gasteiger partial charge in [-0.05, 0) is 13.3 Å². The molecule has 1 aromatic heterocycles. The molecule has 0 spiro atoms. The number of amides is 1. The molecule has 17 heavy (non-hydrogen) atoms. The maximum Gasteiger partial charge on any atom is 0.227 e. The Morgan fingerprint density at radius 3 is 2.88 bits per heavy atom. The molecular formula is C11H15ClN4O. The van der Waals surface area contributed by atoms with Gasteiger partial charge in [-0.25, -0.2) is 9.97 Å². The summed E-state index contributed by atoms with van der Waals surface area (Å²) < 4.78 is 0. The lowest BCUT2D eigenvalue weighted by Crippen LogP contribution is -2.39. The summed E-state index contributed by atoms with van der Waals surface area (Å²) in [6, 6.07) is 0. The Morgan fingerprint density at radius 1 is 1.53 bits per heavy atom. The highest BCUT2D eigenvalue weighted by Crippen LogP contribution is 2.34. The van der Waals surface area contributed by atoms with Gasteiger partial charge in [0, 0.05) is 32.5 Å². The molecule has 1 aliphatic heterocycles. The summed E-state index contributed by atoms with van der Waals surface area (Å²) in [6.07, 6.45) is 3.95. The Bertz CT molecular complexity index is 439. The maximum absolute atomic E-state index is 11.8. The zero-order valence-corrected chi connectivity index (χ0v) is 10.7. The molecule has 1 N–H and O–H groups in total. The number of carbonyl (C=O) groups is 1. The van der Waals surface area contributed by atoms with Crippen molar-refractivity contribution >= 4 is 23.3 Å². The molecule has 2 rings (SSSR count). The molecule has 6 heteroatoms. The number of anilines is 1. The number of nitrogens with one attached hydrogen (secondary N) is 1. The van der Waals surface area contributed by atoms with Crippen LogP contribution >= 0.6 is 11.6 Å². The number of hydrogen-bond acceptors (Lipinski definition) is 4. The highest BCUT2D eigenvalue weighted by molar-refractivity contribution is 6.31. The summed E-state index contributed by atoms with van der Waals surface area (Å²) in [6.45, 7) is 3.34. The molecule has 1 aliphatic rings. The minimum atomic E-state index is -0.379. The first-order valence-electron chi connectivity index (χ1n) is 5.50. The largest absolute Gasteiger partial charge is 0.359 e. The lowest BCUT2D eigenvalue weighted by molar-refractivity contribution is -0.128. The number of nitrogens with zero attached hydrogens (tertiary/aromatic N) is 3. The molecule has 0 saturated carbocycles. The van der Waals surface area contributed by atoms with E-state index in [1.54, 1.807) is 19.4 Å². The number of aromatic nitrogens is 2. The molecule has 1 atom stereocenters. The summed E-state index contributed by atoms with van der Waals surface area (Å²) in [5.41, 5.74) is -0.379. The number of carbonyl (C=O) groups excluding carboxylic acids is 1. The van der Waals surface area contributed by atoms with E-state index in [9.17, 15) is 4.79 Å². The smallest absolute Gasteiger partial charge is 0.227 e. The van der Waals surface area contributed by atoms with Gasteiger partial charge in [-0.1, -0.05) is 11.6 Å². The molecule has 1 saturated heterocycles. The molecule has 1 unspecified atom stereocenters. The van der Waals surface area contributed by atoms with Crippen LogP contribution in [0.15, 0.2) is 12.4 Å². The van der Waals surface area contributed by atoms with Crippen molar-refractivity contribution < 1.29 is 4.79 Å². The van der Waals surface area contributed by atoms with Crippen molar-refractivity contribution in [3.05, 3.63) is 17.5 Å². The Kier molecular flexibility index (Phi) is 3.19.